The smallest absolute Gasteiger partial charge is 0.363 e. The predicted molar refractivity (Wildman–Crippen MR) is 108 cm³/mol. The Hall–Kier alpha value is -3.94. The Balaban J connectivity index is 1.47. The van der Waals surface area contributed by atoms with Crippen molar-refractivity contribution < 1.29 is 23.9 Å². The number of carbonyl (C=O) groups excluding carboxylic acids is 3. The highest BCUT2D eigenvalue weighted by Gasteiger charge is 2.27. The number of methoxy groups -OCH3 is 1. The lowest BCUT2D eigenvalue weighted by Gasteiger charge is -2.06. The van der Waals surface area contributed by atoms with Gasteiger partial charge in [-0.1, -0.05) is 18.2 Å². The van der Waals surface area contributed by atoms with E-state index in [1.54, 1.807) is 31.3 Å². The fraction of sp³-hybridized carbons (Fsp3) is 0.182. The average Bonchev–Trinajstić information content (AvgIpc) is 3.33. The molecule has 8 heteroatoms. The number of ketones is 1. The minimum absolute atomic E-state index is 0.0217. The summed E-state index contributed by atoms with van der Waals surface area (Å²) in [5, 5.41) is 6.98. The molecule has 0 spiro atoms. The van der Waals surface area contributed by atoms with Crippen LogP contribution < -0.4 is 10.1 Å². The molecule has 3 aromatic rings. The van der Waals surface area contributed by atoms with E-state index in [1.807, 2.05) is 30.3 Å². The summed E-state index contributed by atoms with van der Waals surface area (Å²) < 4.78 is 11.9. The molecule has 2 aromatic carbocycles. The first kappa shape index (κ1) is 19.4. The van der Waals surface area contributed by atoms with E-state index < -0.39 is 12.6 Å². The van der Waals surface area contributed by atoms with Gasteiger partial charge in [-0.25, -0.2) is 9.48 Å². The number of Topliss-reactive ketones (excluding diaryl/α,β-unsaturated/α-hetero) is 1. The van der Waals surface area contributed by atoms with Crippen LogP contribution in [0.25, 0.3) is 5.69 Å². The van der Waals surface area contributed by atoms with Gasteiger partial charge in [0, 0.05) is 11.3 Å². The first-order valence-corrected chi connectivity index (χ1v) is 9.32. The number of ether oxygens (including phenoxy) is 2. The second kappa shape index (κ2) is 7.82. The van der Waals surface area contributed by atoms with Gasteiger partial charge in [0.2, 0.25) is 11.6 Å². The lowest BCUT2D eigenvalue weighted by molar-refractivity contribution is -0.116. The largest absolute Gasteiger partial charge is 0.493 e. The molecule has 1 amide bonds. The third kappa shape index (κ3) is 3.55. The van der Waals surface area contributed by atoms with Crippen molar-refractivity contribution >= 4 is 23.3 Å². The maximum absolute atomic E-state index is 12.5. The molecule has 0 radical (unpaired) electrons. The van der Waals surface area contributed by atoms with E-state index in [0.717, 1.165) is 11.3 Å². The minimum atomic E-state index is -0.763. The van der Waals surface area contributed by atoms with Crippen LogP contribution in [-0.2, 0) is 9.53 Å². The first-order valence-electron chi connectivity index (χ1n) is 9.32. The third-order valence-corrected chi connectivity index (χ3v) is 4.94. The van der Waals surface area contributed by atoms with Gasteiger partial charge in [-0.05, 0) is 42.8 Å². The molecule has 0 saturated heterocycles. The second-order valence-electron chi connectivity index (χ2n) is 6.84. The van der Waals surface area contributed by atoms with E-state index in [0.29, 0.717) is 11.3 Å². The van der Waals surface area contributed by atoms with Crippen molar-refractivity contribution in [2.45, 2.75) is 12.8 Å². The number of benzene rings is 2. The molecular formula is C22H19N3O5. The summed E-state index contributed by atoms with van der Waals surface area (Å²) in [5.41, 5.74) is 2.54. The number of amides is 1. The number of aromatic nitrogens is 2. The number of nitrogens with one attached hydrogen (secondary N) is 1. The van der Waals surface area contributed by atoms with Crippen molar-refractivity contribution in [3.63, 3.8) is 0 Å². The molecular weight excluding hydrogens is 386 g/mol. The lowest BCUT2D eigenvalue weighted by Crippen LogP contribution is -2.15. The Bertz CT molecular complexity index is 1140. The summed E-state index contributed by atoms with van der Waals surface area (Å²) in [5.74, 6) is -1.34. The van der Waals surface area contributed by atoms with Crippen LogP contribution in [0.15, 0.2) is 54.7 Å². The Labute approximate surface area is 172 Å². The molecule has 0 saturated carbocycles. The highest BCUT2D eigenvalue weighted by atomic mass is 16.5. The quantitative estimate of drug-likeness (QED) is 0.500. The van der Waals surface area contributed by atoms with Crippen molar-refractivity contribution in [3.05, 3.63) is 71.5 Å². The molecule has 0 aliphatic carbocycles. The number of rotatable bonds is 6. The van der Waals surface area contributed by atoms with Gasteiger partial charge in [0.15, 0.2) is 18.1 Å². The summed E-state index contributed by atoms with van der Waals surface area (Å²) in [7, 11) is 1.43. The number of hydrogen-bond acceptors (Lipinski definition) is 6. The minimum Gasteiger partial charge on any atom is -0.493 e. The number of fused-ring (bicyclic) bond motifs is 1. The van der Waals surface area contributed by atoms with E-state index in [2.05, 4.69) is 10.4 Å². The summed E-state index contributed by atoms with van der Waals surface area (Å²) in [6.07, 6.45) is 1.57. The normalized spacial score (nSPS) is 14.7. The molecule has 1 N–H and O–H groups in total. The summed E-state index contributed by atoms with van der Waals surface area (Å²) in [6.45, 7) is 1.32. The molecule has 1 aliphatic rings. The molecule has 152 valence electrons. The SMILES string of the molecule is COc1cn(-c2ccccc2)nc1C(=O)OCC(=O)c1ccc2c(c1)[C@H](C)C(=O)N2. The van der Waals surface area contributed by atoms with Crippen molar-refractivity contribution in [2.24, 2.45) is 0 Å². The standard InChI is InChI=1S/C22H19N3O5/c1-13-16-10-14(8-9-17(16)23-21(13)27)18(26)12-30-22(28)20-19(29-2)11-25(24-20)15-6-4-3-5-7-15/h3-11,13H,12H2,1-2H3,(H,23,27)/t13-/m0/s1. The van der Waals surface area contributed by atoms with Crippen molar-refractivity contribution in [3.8, 4) is 11.4 Å². The molecule has 1 atom stereocenters. The monoisotopic (exact) mass is 405 g/mol. The van der Waals surface area contributed by atoms with Gasteiger partial charge in [0.05, 0.1) is 24.9 Å². The van der Waals surface area contributed by atoms with Gasteiger partial charge in [0.1, 0.15) is 0 Å². The predicted octanol–water partition coefficient (Wildman–Crippen LogP) is 2.98. The zero-order valence-corrected chi connectivity index (χ0v) is 16.4. The molecule has 4 rings (SSSR count). The molecule has 0 bridgehead atoms. The molecule has 30 heavy (non-hydrogen) atoms. The van der Waals surface area contributed by atoms with Crippen LogP contribution >= 0.6 is 0 Å². The molecule has 0 fully saturated rings. The Morgan fingerprint density at radius 1 is 1.17 bits per heavy atom. The van der Waals surface area contributed by atoms with Gasteiger partial charge in [-0.15, -0.1) is 0 Å². The van der Waals surface area contributed by atoms with E-state index in [4.69, 9.17) is 9.47 Å². The van der Waals surface area contributed by atoms with Crippen LogP contribution in [0, 0.1) is 0 Å². The second-order valence-corrected chi connectivity index (χ2v) is 6.84. The molecule has 1 aliphatic heterocycles. The molecule has 1 aromatic heterocycles. The van der Waals surface area contributed by atoms with E-state index >= 15 is 0 Å². The van der Waals surface area contributed by atoms with Gasteiger partial charge >= 0.3 is 5.97 Å². The summed E-state index contributed by atoms with van der Waals surface area (Å²) >= 11 is 0. The van der Waals surface area contributed by atoms with E-state index in [9.17, 15) is 14.4 Å². The molecule has 2 heterocycles. The molecule has 0 unspecified atom stereocenters. The zero-order valence-electron chi connectivity index (χ0n) is 16.4. The fourth-order valence-corrected chi connectivity index (χ4v) is 3.24. The summed E-state index contributed by atoms with van der Waals surface area (Å²) in [6, 6.07) is 14.2. The van der Waals surface area contributed by atoms with Crippen LogP contribution in [0.1, 0.15) is 39.3 Å². The van der Waals surface area contributed by atoms with Crippen LogP contribution in [0.2, 0.25) is 0 Å². The lowest BCUT2D eigenvalue weighted by atomic mass is 9.99. The maximum Gasteiger partial charge on any atom is 0.363 e. The third-order valence-electron chi connectivity index (χ3n) is 4.94. The molecule has 8 nitrogen and oxygen atoms in total. The fourth-order valence-electron chi connectivity index (χ4n) is 3.24. The number of nitrogens with zero attached hydrogens (tertiary/aromatic N) is 2. The van der Waals surface area contributed by atoms with E-state index in [-0.39, 0.29) is 29.1 Å². The van der Waals surface area contributed by atoms with Crippen LogP contribution in [0.3, 0.4) is 0 Å². The van der Waals surface area contributed by atoms with Gasteiger partial charge < -0.3 is 14.8 Å². The Kier molecular flexibility index (Phi) is 5.05. The van der Waals surface area contributed by atoms with Crippen molar-refractivity contribution in [1.82, 2.24) is 9.78 Å². The van der Waals surface area contributed by atoms with Crippen LogP contribution in [0.4, 0.5) is 5.69 Å². The van der Waals surface area contributed by atoms with Gasteiger partial charge in [-0.2, -0.15) is 5.10 Å². The van der Waals surface area contributed by atoms with Crippen LogP contribution in [-0.4, -0.2) is 41.2 Å². The Morgan fingerprint density at radius 2 is 1.93 bits per heavy atom. The number of hydrogen-bond donors (Lipinski definition) is 1. The number of carbonyl (C=O) groups is 3. The van der Waals surface area contributed by atoms with Crippen molar-refractivity contribution in [2.75, 3.05) is 19.0 Å². The highest BCUT2D eigenvalue weighted by molar-refractivity contribution is 6.05. The topological polar surface area (TPSA) is 99.5 Å². The number of esters is 1. The van der Waals surface area contributed by atoms with Crippen LogP contribution in [0.5, 0.6) is 5.75 Å². The average molecular weight is 405 g/mol. The number of anilines is 1. The highest BCUT2D eigenvalue weighted by Crippen LogP contribution is 2.32. The van der Waals surface area contributed by atoms with Crippen molar-refractivity contribution in [1.29, 1.82) is 0 Å². The zero-order chi connectivity index (χ0) is 21.3. The maximum atomic E-state index is 12.5. The van der Waals surface area contributed by atoms with Gasteiger partial charge in [0.25, 0.3) is 0 Å². The first-order chi connectivity index (χ1) is 14.5. The van der Waals surface area contributed by atoms with E-state index in [1.165, 1.54) is 11.8 Å². The van der Waals surface area contributed by atoms with Gasteiger partial charge in [-0.3, -0.25) is 9.59 Å². The Morgan fingerprint density at radius 3 is 2.67 bits per heavy atom. The number of para-hydroxylation sites is 1. The summed E-state index contributed by atoms with van der Waals surface area (Å²) in [4.78, 5) is 36.8.